The smallest absolute Gasteiger partial charge is 0.305 e. The van der Waals surface area contributed by atoms with Crippen molar-refractivity contribution in [1.82, 2.24) is 0 Å². The highest BCUT2D eigenvalue weighted by Gasteiger charge is 2.48. The predicted molar refractivity (Wildman–Crippen MR) is 149 cm³/mol. The molecule has 6 heteroatoms. The van der Waals surface area contributed by atoms with Gasteiger partial charge in [0.2, 0.25) is 0 Å². The van der Waals surface area contributed by atoms with Crippen molar-refractivity contribution in [3.8, 4) is 0 Å². The predicted octanol–water partition coefficient (Wildman–Crippen LogP) is 7.97. The molecule has 0 radical (unpaired) electrons. The van der Waals surface area contributed by atoms with Gasteiger partial charge in [-0.3, -0.25) is 4.79 Å². The quantitative estimate of drug-likeness (QED) is 0.262. The molecule has 1 N–H and O–H groups in total. The third-order valence-electron chi connectivity index (χ3n) is 9.91. The maximum atomic E-state index is 11.7. The maximum absolute atomic E-state index is 11.7. The second-order valence-corrected chi connectivity index (χ2v) is 17.5. The Morgan fingerprint density at radius 3 is 2.31 bits per heavy atom. The van der Waals surface area contributed by atoms with Crippen LogP contribution in [0.5, 0.6) is 0 Å². The van der Waals surface area contributed by atoms with Gasteiger partial charge in [-0.25, -0.2) is 0 Å². The number of aliphatic carboxylic acids is 1. The fraction of sp³-hybridized carbons (Fsp3) is 0.967. The molecular weight excluding hydrogens is 468 g/mol. The van der Waals surface area contributed by atoms with Gasteiger partial charge in [-0.1, -0.05) is 48.0 Å². The molecule has 0 amide bonds. The van der Waals surface area contributed by atoms with Crippen LogP contribution in [0.4, 0.5) is 0 Å². The van der Waals surface area contributed by atoms with Gasteiger partial charge in [0.1, 0.15) is 0 Å². The van der Waals surface area contributed by atoms with E-state index in [4.69, 9.17) is 13.9 Å². The average Bonchev–Trinajstić information content (AvgIpc) is 2.82. The van der Waals surface area contributed by atoms with Crippen LogP contribution in [0.1, 0.15) is 119 Å². The Bertz CT molecular complexity index is 672. The van der Waals surface area contributed by atoms with Gasteiger partial charge < -0.3 is 19.0 Å². The van der Waals surface area contributed by atoms with Crippen molar-refractivity contribution in [3.05, 3.63) is 0 Å². The lowest BCUT2D eigenvalue weighted by Gasteiger charge is -2.52. The topological polar surface area (TPSA) is 65.0 Å². The fourth-order valence-corrected chi connectivity index (χ4v) is 10.7. The molecule has 3 rings (SSSR count). The molecule has 0 aromatic heterocycles. The molecule has 210 valence electrons. The minimum absolute atomic E-state index is 0.0671. The Labute approximate surface area is 222 Å². The third kappa shape index (κ3) is 7.80. The molecule has 36 heavy (non-hydrogen) atoms. The summed E-state index contributed by atoms with van der Waals surface area (Å²) in [6.45, 7) is 13.8. The lowest BCUT2D eigenvalue weighted by Crippen LogP contribution is -2.52. The van der Waals surface area contributed by atoms with Gasteiger partial charge in [-0.15, -0.1) is 0 Å². The summed E-state index contributed by atoms with van der Waals surface area (Å²) in [6, 6.07) is 3.13. The second-order valence-electron chi connectivity index (χ2n) is 12.8. The first-order chi connectivity index (χ1) is 17.1. The van der Waals surface area contributed by atoms with E-state index in [9.17, 15) is 9.90 Å². The van der Waals surface area contributed by atoms with Crippen LogP contribution in [0, 0.1) is 17.8 Å². The first kappa shape index (κ1) is 30.1. The van der Waals surface area contributed by atoms with Crippen LogP contribution in [0.3, 0.4) is 0 Å². The van der Waals surface area contributed by atoms with Gasteiger partial charge in [0.25, 0.3) is 0 Å². The lowest BCUT2D eigenvalue weighted by atomic mass is 9.64. The highest BCUT2D eigenvalue weighted by atomic mass is 28.4. The van der Waals surface area contributed by atoms with Crippen LogP contribution in [0.15, 0.2) is 0 Å². The Morgan fingerprint density at radius 2 is 1.67 bits per heavy atom. The zero-order chi connectivity index (χ0) is 26.3. The number of carbonyl (C=O) groups is 1. The summed E-state index contributed by atoms with van der Waals surface area (Å²) < 4.78 is 20.4. The Kier molecular flexibility index (Phi) is 11.4. The molecule has 7 atom stereocenters. The highest BCUT2D eigenvalue weighted by Crippen LogP contribution is 2.49. The van der Waals surface area contributed by atoms with Gasteiger partial charge in [0, 0.05) is 0 Å². The van der Waals surface area contributed by atoms with Gasteiger partial charge in [-0.2, -0.15) is 0 Å². The second kappa shape index (κ2) is 13.6. The number of ether oxygens (including phenoxy) is 2. The zero-order valence-electron chi connectivity index (χ0n) is 24.2. The third-order valence-corrected chi connectivity index (χ3v) is 14.6. The van der Waals surface area contributed by atoms with E-state index in [0.717, 1.165) is 56.2 Å². The SMILES string of the molecule is CC[Si](CC)(CC)O[C@@H](CC(=O)O)C[C@@H]1CCC[C@H](C[C@@H]2CCCC3(C[C@H](C)CC[C@H]3C(C)C)O2)O1. The first-order valence-electron chi connectivity index (χ1n) is 15.4. The summed E-state index contributed by atoms with van der Waals surface area (Å²) in [5.74, 6) is 1.33. The van der Waals surface area contributed by atoms with E-state index < -0.39 is 14.3 Å². The van der Waals surface area contributed by atoms with Crippen LogP contribution < -0.4 is 0 Å². The highest BCUT2D eigenvalue weighted by molar-refractivity contribution is 6.73. The summed E-state index contributed by atoms with van der Waals surface area (Å²) in [4.78, 5) is 11.7. The van der Waals surface area contributed by atoms with E-state index in [0.29, 0.717) is 24.4 Å². The molecule has 2 aliphatic heterocycles. The van der Waals surface area contributed by atoms with E-state index in [-0.39, 0.29) is 30.3 Å². The number of hydrogen-bond acceptors (Lipinski definition) is 4. The van der Waals surface area contributed by atoms with Gasteiger partial charge in [-0.05, 0) is 100 Å². The minimum atomic E-state index is -1.87. The molecular formula is C30H56O5Si. The Morgan fingerprint density at radius 1 is 1.00 bits per heavy atom. The molecule has 0 bridgehead atoms. The van der Waals surface area contributed by atoms with Crippen molar-refractivity contribution in [2.75, 3.05) is 0 Å². The number of carboxylic acids is 1. The van der Waals surface area contributed by atoms with Crippen LogP contribution in [-0.2, 0) is 18.7 Å². The van der Waals surface area contributed by atoms with E-state index in [1.165, 1.54) is 32.1 Å². The molecule has 1 unspecified atom stereocenters. The van der Waals surface area contributed by atoms with E-state index in [2.05, 4.69) is 41.5 Å². The molecule has 1 aliphatic carbocycles. The fourth-order valence-electron chi connectivity index (χ4n) is 7.82. The lowest BCUT2D eigenvalue weighted by molar-refractivity contribution is -0.202. The molecule has 0 aromatic rings. The summed E-state index contributed by atoms with van der Waals surface area (Å²) >= 11 is 0. The van der Waals surface area contributed by atoms with E-state index in [1.807, 2.05) is 0 Å². The van der Waals surface area contributed by atoms with Crippen LogP contribution in [0.2, 0.25) is 18.1 Å². The van der Waals surface area contributed by atoms with E-state index in [1.54, 1.807) is 0 Å². The first-order valence-corrected chi connectivity index (χ1v) is 17.9. The molecule has 1 spiro atoms. The molecule has 0 aromatic carbocycles. The Balaban J connectivity index is 1.61. The molecule has 2 saturated heterocycles. The molecule has 3 fully saturated rings. The largest absolute Gasteiger partial charge is 0.481 e. The average molecular weight is 525 g/mol. The maximum Gasteiger partial charge on any atom is 0.305 e. The summed E-state index contributed by atoms with van der Waals surface area (Å²) in [5, 5.41) is 9.57. The monoisotopic (exact) mass is 524 g/mol. The number of carboxylic acid groups (broad SMARTS) is 1. The summed E-state index contributed by atoms with van der Waals surface area (Å²) in [5.41, 5.74) is 0.0671. The van der Waals surface area contributed by atoms with Crippen molar-refractivity contribution in [1.29, 1.82) is 0 Å². The van der Waals surface area contributed by atoms with Crippen LogP contribution in [-0.4, -0.2) is 49.4 Å². The van der Waals surface area contributed by atoms with Crippen molar-refractivity contribution in [2.45, 2.75) is 167 Å². The van der Waals surface area contributed by atoms with Crippen molar-refractivity contribution < 1.29 is 23.8 Å². The van der Waals surface area contributed by atoms with E-state index >= 15 is 0 Å². The summed E-state index contributed by atoms with van der Waals surface area (Å²) in [6.07, 6.45) is 12.9. The van der Waals surface area contributed by atoms with Crippen molar-refractivity contribution in [2.24, 2.45) is 17.8 Å². The van der Waals surface area contributed by atoms with Gasteiger partial charge in [0.15, 0.2) is 8.32 Å². The molecule has 1 saturated carbocycles. The summed E-state index contributed by atoms with van der Waals surface area (Å²) in [7, 11) is -1.87. The number of hydrogen-bond donors (Lipinski definition) is 1. The minimum Gasteiger partial charge on any atom is -0.481 e. The number of rotatable bonds is 12. The normalized spacial score (nSPS) is 34.7. The molecule has 2 heterocycles. The van der Waals surface area contributed by atoms with Crippen molar-refractivity contribution in [3.63, 3.8) is 0 Å². The van der Waals surface area contributed by atoms with Crippen LogP contribution in [0.25, 0.3) is 0 Å². The van der Waals surface area contributed by atoms with Gasteiger partial charge >= 0.3 is 5.97 Å². The molecule has 3 aliphatic rings. The Hall–Kier alpha value is -0.433. The standard InChI is InChI=1S/C30H56O5Si/c1-7-36(8-2,9-3)35-27(20-29(31)32)19-25-13-10-12-24(33-25)18-26-14-11-17-30(34-26)21-23(6)15-16-28(30)22(4)5/h22-28H,7-21H2,1-6H3,(H,31,32)/t23-,24-,25+,26+,27-,28+,30?/m1/s1. The zero-order valence-corrected chi connectivity index (χ0v) is 25.2. The molecule has 5 nitrogen and oxygen atoms in total. The van der Waals surface area contributed by atoms with Gasteiger partial charge in [0.05, 0.1) is 36.4 Å². The van der Waals surface area contributed by atoms with Crippen molar-refractivity contribution >= 4 is 14.3 Å². The van der Waals surface area contributed by atoms with Crippen LogP contribution >= 0.6 is 0 Å².